The quantitative estimate of drug-likeness (QED) is 0.385. The lowest BCUT2D eigenvalue weighted by Gasteiger charge is -2.14. The summed E-state index contributed by atoms with van der Waals surface area (Å²) in [5, 5.41) is 18.3. The van der Waals surface area contributed by atoms with E-state index in [-0.39, 0.29) is 22.7 Å². The molecule has 1 amide bonds. The Labute approximate surface area is 179 Å². The average Bonchev–Trinajstić information content (AvgIpc) is 3.31. The van der Waals surface area contributed by atoms with Gasteiger partial charge >= 0.3 is 0 Å². The van der Waals surface area contributed by atoms with Crippen LogP contribution in [-0.4, -0.2) is 38.8 Å². The highest BCUT2D eigenvalue weighted by Gasteiger charge is 2.22. The van der Waals surface area contributed by atoms with Gasteiger partial charge in [0.15, 0.2) is 17.3 Å². The van der Waals surface area contributed by atoms with E-state index >= 15 is 0 Å². The van der Waals surface area contributed by atoms with Crippen molar-refractivity contribution in [2.24, 2.45) is 0 Å². The molecule has 3 aromatic rings. The number of hydrogen-bond donors (Lipinski definition) is 1. The standard InChI is InChI=1S/C21H23N5O5/c1-3-10-30-18-12-16(17(26(28)29)13-19(18)31-11-4-2)24-21(27)15-6-7-20(22-14-15)25-9-5-8-23-25/h5-9,12-14H,3-4,10-11H2,1-2H3,(H,24,27). The maximum absolute atomic E-state index is 12.7. The van der Waals surface area contributed by atoms with Crippen LogP contribution in [0.5, 0.6) is 11.5 Å². The first-order valence-electron chi connectivity index (χ1n) is 9.89. The molecule has 0 aliphatic rings. The Bertz CT molecular complexity index is 1040. The van der Waals surface area contributed by atoms with Gasteiger partial charge in [0.2, 0.25) is 0 Å². The Morgan fingerprint density at radius 2 is 1.87 bits per heavy atom. The maximum Gasteiger partial charge on any atom is 0.296 e. The lowest BCUT2D eigenvalue weighted by molar-refractivity contribution is -0.384. The number of aromatic nitrogens is 3. The minimum atomic E-state index is -0.572. The number of nitro groups is 1. The number of benzene rings is 1. The highest BCUT2D eigenvalue weighted by molar-refractivity contribution is 6.05. The summed E-state index contributed by atoms with van der Waals surface area (Å²) >= 11 is 0. The molecule has 1 aromatic carbocycles. The Hall–Kier alpha value is -3.95. The third kappa shape index (κ3) is 5.35. The van der Waals surface area contributed by atoms with Crippen LogP contribution in [0, 0.1) is 10.1 Å². The molecule has 0 bridgehead atoms. The van der Waals surface area contributed by atoms with E-state index in [2.05, 4.69) is 15.4 Å². The summed E-state index contributed by atoms with van der Waals surface area (Å²) in [4.78, 5) is 27.9. The van der Waals surface area contributed by atoms with Crippen LogP contribution < -0.4 is 14.8 Å². The van der Waals surface area contributed by atoms with Gasteiger partial charge in [0.25, 0.3) is 11.6 Å². The fraction of sp³-hybridized carbons (Fsp3) is 0.286. The molecule has 0 aliphatic carbocycles. The van der Waals surface area contributed by atoms with Crippen LogP contribution in [0.25, 0.3) is 5.82 Å². The van der Waals surface area contributed by atoms with Crippen molar-refractivity contribution in [2.45, 2.75) is 26.7 Å². The number of nitrogens with zero attached hydrogens (tertiary/aromatic N) is 4. The largest absolute Gasteiger partial charge is 0.490 e. The molecule has 0 atom stereocenters. The van der Waals surface area contributed by atoms with E-state index in [9.17, 15) is 14.9 Å². The Balaban J connectivity index is 1.87. The predicted molar refractivity (Wildman–Crippen MR) is 114 cm³/mol. The molecule has 0 saturated carbocycles. The second-order valence-corrected chi connectivity index (χ2v) is 6.58. The van der Waals surface area contributed by atoms with E-state index in [4.69, 9.17) is 9.47 Å². The number of amides is 1. The number of nitrogens with one attached hydrogen (secondary N) is 1. The highest BCUT2D eigenvalue weighted by Crippen LogP contribution is 2.38. The third-order valence-corrected chi connectivity index (χ3v) is 4.18. The lowest BCUT2D eigenvalue weighted by Crippen LogP contribution is -2.14. The van der Waals surface area contributed by atoms with E-state index in [0.29, 0.717) is 24.8 Å². The molecule has 0 spiro atoms. The molecule has 2 heterocycles. The van der Waals surface area contributed by atoms with E-state index in [1.807, 2.05) is 13.8 Å². The van der Waals surface area contributed by atoms with E-state index in [1.165, 1.54) is 18.3 Å². The normalized spacial score (nSPS) is 10.5. The molecule has 0 aliphatic heterocycles. The molecule has 10 nitrogen and oxygen atoms in total. The van der Waals surface area contributed by atoms with Crippen molar-refractivity contribution in [3.63, 3.8) is 0 Å². The molecular formula is C21H23N5O5. The van der Waals surface area contributed by atoms with E-state index in [1.54, 1.807) is 35.3 Å². The Morgan fingerprint density at radius 3 is 2.42 bits per heavy atom. The summed E-state index contributed by atoms with van der Waals surface area (Å²) in [6, 6.07) is 7.65. The van der Waals surface area contributed by atoms with E-state index in [0.717, 1.165) is 12.8 Å². The minimum absolute atomic E-state index is 0.0149. The molecule has 10 heteroatoms. The molecule has 162 valence electrons. The molecule has 0 saturated heterocycles. The van der Waals surface area contributed by atoms with Crippen molar-refractivity contribution >= 4 is 17.3 Å². The van der Waals surface area contributed by atoms with Crippen molar-refractivity contribution in [2.75, 3.05) is 18.5 Å². The molecule has 3 rings (SSSR count). The number of nitro benzene ring substituents is 1. The number of carbonyl (C=O) groups is 1. The molecule has 1 N–H and O–H groups in total. The molecular weight excluding hydrogens is 402 g/mol. The fourth-order valence-electron chi connectivity index (χ4n) is 2.70. The first-order valence-corrected chi connectivity index (χ1v) is 9.89. The van der Waals surface area contributed by atoms with Crippen LogP contribution in [0.15, 0.2) is 48.9 Å². The van der Waals surface area contributed by atoms with Gasteiger partial charge in [-0.3, -0.25) is 14.9 Å². The van der Waals surface area contributed by atoms with Gasteiger partial charge in [-0.25, -0.2) is 9.67 Å². The lowest BCUT2D eigenvalue weighted by atomic mass is 10.2. The smallest absolute Gasteiger partial charge is 0.296 e. The van der Waals surface area contributed by atoms with Crippen LogP contribution in [-0.2, 0) is 0 Å². The number of ether oxygens (including phenoxy) is 2. The van der Waals surface area contributed by atoms with Crippen LogP contribution in [0.1, 0.15) is 37.0 Å². The molecule has 0 fully saturated rings. The summed E-state index contributed by atoms with van der Waals surface area (Å²) in [6.07, 6.45) is 6.21. The van der Waals surface area contributed by atoms with Crippen molar-refractivity contribution < 1.29 is 19.2 Å². The van der Waals surface area contributed by atoms with Gasteiger partial charge in [0, 0.05) is 24.7 Å². The van der Waals surface area contributed by atoms with Gasteiger partial charge in [-0.05, 0) is 31.0 Å². The van der Waals surface area contributed by atoms with Gasteiger partial charge in [0.1, 0.15) is 5.69 Å². The molecule has 0 radical (unpaired) electrons. The topological polar surface area (TPSA) is 121 Å². The second-order valence-electron chi connectivity index (χ2n) is 6.58. The zero-order chi connectivity index (χ0) is 22.2. The number of pyridine rings is 1. The third-order valence-electron chi connectivity index (χ3n) is 4.18. The number of carbonyl (C=O) groups excluding carboxylic acids is 1. The van der Waals surface area contributed by atoms with Gasteiger partial charge in [-0.15, -0.1) is 0 Å². The first-order chi connectivity index (χ1) is 15.0. The van der Waals surface area contributed by atoms with Gasteiger partial charge < -0.3 is 14.8 Å². The molecule has 31 heavy (non-hydrogen) atoms. The highest BCUT2D eigenvalue weighted by atomic mass is 16.6. The van der Waals surface area contributed by atoms with Crippen molar-refractivity contribution in [3.05, 3.63) is 64.6 Å². The van der Waals surface area contributed by atoms with Gasteiger partial charge in [-0.1, -0.05) is 13.8 Å². The second kappa shape index (κ2) is 10.2. The average molecular weight is 425 g/mol. The van der Waals surface area contributed by atoms with Crippen molar-refractivity contribution in [3.8, 4) is 17.3 Å². The summed E-state index contributed by atoms with van der Waals surface area (Å²) in [5.74, 6) is 0.611. The van der Waals surface area contributed by atoms with Gasteiger partial charge in [0.05, 0.1) is 29.8 Å². The van der Waals surface area contributed by atoms with Crippen molar-refractivity contribution in [1.82, 2.24) is 14.8 Å². The zero-order valence-corrected chi connectivity index (χ0v) is 17.3. The van der Waals surface area contributed by atoms with Crippen LogP contribution in [0.4, 0.5) is 11.4 Å². The summed E-state index contributed by atoms with van der Waals surface area (Å²) in [5.41, 5.74) is -0.0296. The number of anilines is 1. The number of hydrogen-bond acceptors (Lipinski definition) is 7. The maximum atomic E-state index is 12.7. The zero-order valence-electron chi connectivity index (χ0n) is 17.3. The van der Waals surface area contributed by atoms with Crippen molar-refractivity contribution in [1.29, 1.82) is 0 Å². The number of rotatable bonds is 10. The van der Waals surface area contributed by atoms with Crippen LogP contribution >= 0.6 is 0 Å². The van der Waals surface area contributed by atoms with Crippen LogP contribution in [0.2, 0.25) is 0 Å². The first kappa shape index (κ1) is 21.8. The molecule has 0 unspecified atom stereocenters. The Kier molecular flexibility index (Phi) is 7.15. The van der Waals surface area contributed by atoms with Gasteiger partial charge in [-0.2, -0.15) is 5.10 Å². The fourth-order valence-corrected chi connectivity index (χ4v) is 2.70. The Morgan fingerprint density at radius 1 is 1.16 bits per heavy atom. The minimum Gasteiger partial charge on any atom is -0.490 e. The summed E-state index contributed by atoms with van der Waals surface area (Å²) < 4.78 is 12.8. The molecule has 2 aromatic heterocycles. The summed E-state index contributed by atoms with van der Waals surface area (Å²) in [6.45, 7) is 4.67. The summed E-state index contributed by atoms with van der Waals surface area (Å²) in [7, 11) is 0. The van der Waals surface area contributed by atoms with E-state index < -0.39 is 10.8 Å². The van der Waals surface area contributed by atoms with Crippen LogP contribution in [0.3, 0.4) is 0 Å². The SMILES string of the molecule is CCCOc1cc(NC(=O)c2ccc(-n3cccn3)nc2)c([N+](=O)[O-])cc1OCCC. The monoisotopic (exact) mass is 425 g/mol. The predicted octanol–water partition coefficient (Wildman–Crippen LogP) is 4.01.